The molecule has 0 saturated heterocycles. The summed E-state index contributed by atoms with van der Waals surface area (Å²) in [5.74, 6) is 0.772. The van der Waals surface area contributed by atoms with Crippen LogP contribution < -0.4 is 16.1 Å². The van der Waals surface area contributed by atoms with Crippen LogP contribution in [0.4, 0.5) is 5.82 Å². The third-order valence-corrected chi connectivity index (χ3v) is 7.07. The number of hydrogen-bond donors (Lipinski definition) is 3. The first kappa shape index (κ1) is 20.8. The number of anilines is 1. The van der Waals surface area contributed by atoms with E-state index in [0.29, 0.717) is 0 Å². The van der Waals surface area contributed by atoms with E-state index < -0.39 is 0 Å². The van der Waals surface area contributed by atoms with Gasteiger partial charge in [0.1, 0.15) is 5.82 Å². The molecule has 4 nitrogen and oxygen atoms in total. The lowest BCUT2D eigenvalue weighted by atomic mass is 10.2. The van der Waals surface area contributed by atoms with Crippen molar-refractivity contribution in [2.75, 3.05) is 18.4 Å². The van der Waals surface area contributed by atoms with E-state index in [0.717, 1.165) is 49.2 Å². The maximum atomic E-state index is 12.2. The molecule has 0 aliphatic carbocycles. The molecule has 0 radical (unpaired) electrons. The number of nitrogens with one attached hydrogen (secondary N) is 3. The summed E-state index contributed by atoms with van der Waals surface area (Å²) in [6, 6.07) is 9.22. The maximum Gasteiger partial charge on any atom is 0.191 e. The standard InChI is InChI=1S/C22H26BrN3OS/c1-3-8-16-20(28-19(4-2)22(16)23)14-24-11-7-12-25-21-13-18(27)15-9-5-6-10-17(15)26-21/h3,5-6,8-10,13,24H,4,7,11-12,14H2,1-2H3,(H2,25,26,27)/b8-3+. The van der Waals surface area contributed by atoms with Gasteiger partial charge >= 0.3 is 0 Å². The van der Waals surface area contributed by atoms with E-state index in [1.807, 2.05) is 35.6 Å². The van der Waals surface area contributed by atoms with Crippen molar-refractivity contribution in [2.24, 2.45) is 0 Å². The van der Waals surface area contributed by atoms with Crippen LogP contribution in [-0.4, -0.2) is 18.1 Å². The van der Waals surface area contributed by atoms with Gasteiger partial charge in [0.2, 0.25) is 0 Å². The molecule has 2 heterocycles. The number of halogens is 1. The fourth-order valence-corrected chi connectivity index (χ4v) is 5.26. The molecule has 28 heavy (non-hydrogen) atoms. The van der Waals surface area contributed by atoms with Gasteiger partial charge < -0.3 is 15.6 Å². The summed E-state index contributed by atoms with van der Waals surface area (Å²) in [6.07, 6.45) is 6.28. The first-order valence-electron chi connectivity index (χ1n) is 9.63. The van der Waals surface area contributed by atoms with Gasteiger partial charge in [-0.25, -0.2) is 0 Å². The number of aryl methyl sites for hydroxylation is 1. The van der Waals surface area contributed by atoms with Gasteiger partial charge in [0, 0.05) is 44.3 Å². The van der Waals surface area contributed by atoms with E-state index >= 15 is 0 Å². The Labute approximate surface area is 178 Å². The van der Waals surface area contributed by atoms with Gasteiger partial charge in [0.15, 0.2) is 5.43 Å². The van der Waals surface area contributed by atoms with Crippen molar-refractivity contribution < 1.29 is 0 Å². The molecule has 0 saturated carbocycles. The molecule has 3 aromatic rings. The second-order valence-electron chi connectivity index (χ2n) is 6.58. The molecule has 2 aromatic heterocycles. The monoisotopic (exact) mass is 459 g/mol. The number of pyridine rings is 1. The topological polar surface area (TPSA) is 56.9 Å². The van der Waals surface area contributed by atoms with Crippen molar-refractivity contribution in [3.8, 4) is 0 Å². The lowest BCUT2D eigenvalue weighted by Gasteiger charge is -2.08. The normalized spacial score (nSPS) is 11.5. The molecule has 1 aromatic carbocycles. The van der Waals surface area contributed by atoms with Crippen molar-refractivity contribution >= 4 is 50.1 Å². The van der Waals surface area contributed by atoms with Crippen molar-refractivity contribution in [2.45, 2.75) is 33.2 Å². The molecular formula is C22H26BrN3OS. The molecule has 0 amide bonds. The average molecular weight is 460 g/mol. The van der Waals surface area contributed by atoms with Crippen molar-refractivity contribution in [3.63, 3.8) is 0 Å². The molecule has 0 spiro atoms. The Morgan fingerprint density at radius 3 is 2.82 bits per heavy atom. The first-order chi connectivity index (χ1) is 13.6. The molecule has 0 fully saturated rings. The quantitative estimate of drug-likeness (QED) is 0.368. The highest BCUT2D eigenvalue weighted by molar-refractivity contribution is 9.10. The Hall–Kier alpha value is -1.89. The number of fused-ring (bicyclic) bond motifs is 1. The largest absolute Gasteiger partial charge is 0.371 e. The Bertz CT molecular complexity index is 1020. The van der Waals surface area contributed by atoms with Crippen LogP contribution in [0.15, 0.2) is 45.7 Å². The van der Waals surface area contributed by atoms with Gasteiger partial charge in [0.05, 0.1) is 5.52 Å². The van der Waals surface area contributed by atoms with E-state index in [-0.39, 0.29) is 5.43 Å². The lowest BCUT2D eigenvalue weighted by Crippen LogP contribution is -2.18. The van der Waals surface area contributed by atoms with Crippen LogP contribution in [0.5, 0.6) is 0 Å². The van der Waals surface area contributed by atoms with E-state index in [9.17, 15) is 4.79 Å². The molecule has 0 bridgehead atoms. The summed E-state index contributed by atoms with van der Waals surface area (Å²) in [5, 5.41) is 7.58. The van der Waals surface area contributed by atoms with E-state index in [4.69, 9.17) is 0 Å². The SMILES string of the molecule is C/C=C/c1c(CNCCCNc2cc(=O)c3ccccc3[nH]2)sc(CC)c1Br. The molecule has 0 atom stereocenters. The highest BCUT2D eigenvalue weighted by Crippen LogP contribution is 2.34. The number of H-pyrrole nitrogens is 1. The number of hydrogen-bond acceptors (Lipinski definition) is 4. The number of thiophene rings is 1. The van der Waals surface area contributed by atoms with Crippen LogP contribution >= 0.6 is 27.3 Å². The van der Waals surface area contributed by atoms with Crippen LogP contribution in [-0.2, 0) is 13.0 Å². The third-order valence-electron chi connectivity index (χ3n) is 4.55. The zero-order valence-electron chi connectivity index (χ0n) is 16.3. The van der Waals surface area contributed by atoms with Crippen LogP contribution in [0, 0.1) is 0 Å². The van der Waals surface area contributed by atoms with Crippen molar-refractivity contribution in [3.05, 3.63) is 66.4 Å². The van der Waals surface area contributed by atoms with E-state index in [1.54, 1.807) is 6.07 Å². The number of benzene rings is 1. The second kappa shape index (κ2) is 10.0. The molecular weight excluding hydrogens is 434 g/mol. The summed E-state index contributed by atoms with van der Waals surface area (Å²) in [7, 11) is 0. The fraction of sp³-hybridized carbons (Fsp3) is 0.318. The highest BCUT2D eigenvalue weighted by atomic mass is 79.9. The highest BCUT2D eigenvalue weighted by Gasteiger charge is 2.12. The Kier molecular flexibility index (Phi) is 7.48. The van der Waals surface area contributed by atoms with Crippen LogP contribution in [0.3, 0.4) is 0 Å². The average Bonchev–Trinajstić information content (AvgIpc) is 3.00. The molecule has 3 rings (SSSR count). The smallest absolute Gasteiger partial charge is 0.191 e. The summed E-state index contributed by atoms with van der Waals surface area (Å²) < 4.78 is 1.23. The molecule has 0 aliphatic rings. The summed E-state index contributed by atoms with van der Waals surface area (Å²) in [5.41, 5.74) is 2.20. The molecule has 3 N–H and O–H groups in total. The molecule has 0 aliphatic heterocycles. The van der Waals surface area contributed by atoms with Crippen LogP contribution in [0.1, 0.15) is 35.6 Å². The van der Waals surface area contributed by atoms with Gasteiger partial charge in [-0.1, -0.05) is 31.2 Å². The van der Waals surface area contributed by atoms with Crippen molar-refractivity contribution in [1.29, 1.82) is 0 Å². The summed E-state index contributed by atoms with van der Waals surface area (Å²) in [4.78, 5) is 18.2. The van der Waals surface area contributed by atoms with Crippen LogP contribution in [0.2, 0.25) is 0 Å². The third kappa shape index (κ3) is 4.93. The van der Waals surface area contributed by atoms with Gasteiger partial charge in [-0.3, -0.25) is 4.79 Å². The number of para-hydroxylation sites is 1. The van der Waals surface area contributed by atoms with E-state index in [2.05, 4.69) is 57.5 Å². The molecule has 0 unspecified atom stereocenters. The van der Waals surface area contributed by atoms with Gasteiger partial charge in [-0.15, -0.1) is 11.3 Å². The minimum atomic E-state index is 0.0430. The predicted molar refractivity (Wildman–Crippen MR) is 125 cm³/mol. The van der Waals surface area contributed by atoms with Gasteiger partial charge in [-0.2, -0.15) is 0 Å². The van der Waals surface area contributed by atoms with E-state index in [1.165, 1.54) is 19.8 Å². The Morgan fingerprint density at radius 1 is 1.21 bits per heavy atom. The summed E-state index contributed by atoms with van der Waals surface area (Å²) in [6.45, 7) is 6.83. The Morgan fingerprint density at radius 2 is 2.04 bits per heavy atom. The van der Waals surface area contributed by atoms with Crippen molar-refractivity contribution in [1.82, 2.24) is 10.3 Å². The minimum Gasteiger partial charge on any atom is -0.371 e. The predicted octanol–water partition coefficient (Wildman–Crippen LogP) is 5.54. The zero-order valence-corrected chi connectivity index (χ0v) is 18.7. The number of allylic oxidation sites excluding steroid dienone is 1. The molecule has 148 valence electrons. The lowest BCUT2D eigenvalue weighted by molar-refractivity contribution is 0.668. The summed E-state index contributed by atoms with van der Waals surface area (Å²) >= 11 is 5.61. The first-order valence-corrected chi connectivity index (χ1v) is 11.2. The number of rotatable bonds is 9. The number of aromatic nitrogens is 1. The van der Waals surface area contributed by atoms with Gasteiger partial charge in [-0.05, 0) is 54.4 Å². The zero-order chi connectivity index (χ0) is 19.9. The second-order valence-corrected chi connectivity index (χ2v) is 8.56. The maximum absolute atomic E-state index is 12.2. The Balaban J connectivity index is 1.49. The number of aromatic amines is 1. The fourth-order valence-electron chi connectivity index (χ4n) is 3.14. The minimum absolute atomic E-state index is 0.0430. The molecule has 6 heteroatoms. The van der Waals surface area contributed by atoms with Gasteiger partial charge in [0.25, 0.3) is 0 Å². The van der Waals surface area contributed by atoms with Crippen LogP contribution in [0.25, 0.3) is 17.0 Å².